The zero-order valence-electron chi connectivity index (χ0n) is 10.4. The van der Waals surface area contributed by atoms with E-state index in [1.54, 1.807) is 6.08 Å². The van der Waals surface area contributed by atoms with Crippen molar-refractivity contribution in [3.8, 4) is 5.75 Å². The van der Waals surface area contributed by atoms with Crippen molar-refractivity contribution < 1.29 is 9.53 Å². The second kappa shape index (κ2) is 4.58. The Balaban J connectivity index is 1.83. The average molecular weight is 243 g/mol. The van der Waals surface area contributed by atoms with Gasteiger partial charge in [0.1, 0.15) is 5.75 Å². The van der Waals surface area contributed by atoms with E-state index in [9.17, 15) is 4.79 Å². The zero-order valence-corrected chi connectivity index (χ0v) is 10.4. The first-order valence-corrected chi connectivity index (χ1v) is 6.69. The van der Waals surface area contributed by atoms with Gasteiger partial charge in [0.25, 0.3) is 0 Å². The smallest absolute Gasteiger partial charge is 0.235 e. The highest BCUT2D eigenvalue weighted by Crippen LogP contribution is 2.42. The van der Waals surface area contributed by atoms with Gasteiger partial charge in [-0.3, -0.25) is 0 Å². The van der Waals surface area contributed by atoms with Gasteiger partial charge >= 0.3 is 0 Å². The predicted molar refractivity (Wildman–Crippen MR) is 68.4 cm³/mol. The number of carbonyl (C=O) groups excluding carboxylic acids is 1. The van der Waals surface area contributed by atoms with Gasteiger partial charge in [0.15, 0.2) is 0 Å². The van der Waals surface area contributed by atoms with E-state index in [-0.39, 0.29) is 5.54 Å². The topological polar surface area (TPSA) is 38.7 Å². The van der Waals surface area contributed by atoms with Gasteiger partial charge in [0.2, 0.25) is 6.08 Å². The number of hydrogen-bond donors (Lipinski definition) is 0. The van der Waals surface area contributed by atoms with E-state index in [4.69, 9.17) is 4.74 Å². The first kappa shape index (κ1) is 11.5. The lowest BCUT2D eigenvalue weighted by Crippen LogP contribution is -2.18. The fourth-order valence-electron chi connectivity index (χ4n) is 2.73. The number of rotatable bonds is 4. The van der Waals surface area contributed by atoms with Crippen LogP contribution in [0.4, 0.5) is 0 Å². The fourth-order valence-corrected chi connectivity index (χ4v) is 2.73. The average Bonchev–Trinajstić information content (AvgIpc) is 3.07. The molecule has 0 aliphatic heterocycles. The summed E-state index contributed by atoms with van der Waals surface area (Å²) in [5.41, 5.74) is 0.798. The summed E-state index contributed by atoms with van der Waals surface area (Å²) in [6.45, 7) is 0. The van der Waals surface area contributed by atoms with Crippen LogP contribution in [0.15, 0.2) is 29.3 Å². The van der Waals surface area contributed by atoms with Gasteiger partial charge in [0.05, 0.1) is 11.6 Å². The molecule has 0 aromatic heterocycles. The molecule has 2 aliphatic rings. The third kappa shape index (κ3) is 2.19. The lowest BCUT2D eigenvalue weighted by molar-refractivity contribution is 0.303. The van der Waals surface area contributed by atoms with Crippen molar-refractivity contribution in [3.63, 3.8) is 0 Å². The Bertz CT molecular complexity index is 464. The summed E-state index contributed by atoms with van der Waals surface area (Å²) in [7, 11) is 0. The lowest BCUT2D eigenvalue weighted by Gasteiger charge is -2.22. The highest BCUT2D eigenvalue weighted by molar-refractivity contribution is 5.40. The van der Waals surface area contributed by atoms with Crippen molar-refractivity contribution in [2.45, 2.75) is 50.2 Å². The summed E-state index contributed by atoms with van der Waals surface area (Å²) in [6.07, 6.45) is 8.67. The molecular formula is C15H17NO2. The zero-order chi connectivity index (χ0) is 12.4. The summed E-state index contributed by atoms with van der Waals surface area (Å²) in [6, 6.07) is 8.08. The van der Waals surface area contributed by atoms with Crippen LogP contribution in [-0.4, -0.2) is 12.2 Å². The summed E-state index contributed by atoms with van der Waals surface area (Å²) >= 11 is 0. The van der Waals surface area contributed by atoms with E-state index in [2.05, 4.69) is 4.99 Å². The van der Waals surface area contributed by atoms with Gasteiger partial charge in [-0.25, -0.2) is 4.79 Å². The van der Waals surface area contributed by atoms with E-state index in [0.717, 1.165) is 37.0 Å². The van der Waals surface area contributed by atoms with Crippen LogP contribution in [0, 0.1) is 0 Å². The quantitative estimate of drug-likeness (QED) is 0.601. The van der Waals surface area contributed by atoms with Gasteiger partial charge in [-0.1, -0.05) is 25.0 Å². The Morgan fingerprint density at radius 2 is 1.83 bits per heavy atom. The van der Waals surface area contributed by atoms with Crippen molar-refractivity contribution in [2.75, 3.05) is 0 Å². The van der Waals surface area contributed by atoms with Crippen LogP contribution >= 0.6 is 0 Å². The molecule has 0 saturated heterocycles. The first-order valence-electron chi connectivity index (χ1n) is 6.69. The fraction of sp³-hybridized carbons (Fsp3) is 0.533. The maximum Gasteiger partial charge on any atom is 0.235 e. The van der Waals surface area contributed by atoms with Crippen LogP contribution in [0.2, 0.25) is 0 Å². The molecule has 0 radical (unpaired) electrons. The maximum atomic E-state index is 10.6. The van der Waals surface area contributed by atoms with Crippen LogP contribution in [0.25, 0.3) is 0 Å². The number of hydrogen-bond acceptors (Lipinski definition) is 3. The summed E-state index contributed by atoms with van der Waals surface area (Å²) in [5.74, 6) is 0.921. The van der Waals surface area contributed by atoms with Crippen molar-refractivity contribution in [1.82, 2.24) is 0 Å². The van der Waals surface area contributed by atoms with Gasteiger partial charge in [-0.05, 0) is 43.4 Å². The molecule has 0 N–H and O–H groups in total. The monoisotopic (exact) mass is 243 g/mol. The third-order valence-electron chi connectivity index (χ3n) is 3.91. The Kier molecular flexibility index (Phi) is 2.92. The number of nitrogens with zero attached hydrogens (tertiary/aromatic N) is 1. The van der Waals surface area contributed by atoms with E-state index in [1.165, 1.54) is 12.8 Å². The molecule has 18 heavy (non-hydrogen) atoms. The normalized spacial score (nSPS) is 21.3. The molecule has 0 spiro atoms. The van der Waals surface area contributed by atoms with E-state index >= 15 is 0 Å². The van der Waals surface area contributed by atoms with Gasteiger partial charge < -0.3 is 4.74 Å². The van der Waals surface area contributed by atoms with E-state index < -0.39 is 0 Å². The minimum Gasteiger partial charge on any atom is -0.490 e. The van der Waals surface area contributed by atoms with Crippen LogP contribution in [-0.2, 0) is 10.3 Å². The molecule has 2 aliphatic carbocycles. The van der Waals surface area contributed by atoms with Gasteiger partial charge in [-0.2, -0.15) is 4.99 Å². The Hall–Kier alpha value is -1.60. The molecule has 3 rings (SSSR count). The molecule has 0 amide bonds. The molecule has 1 aromatic carbocycles. The van der Waals surface area contributed by atoms with Crippen LogP contribution in [0.1, 0.15) is 44.1 Å². The Morgan fingerprint density at radius 3 is 2.39 bits per heavy atom. The standard InChI is InChI=1S/C15H17NO2/c17-11-16-15(9-1-2-10-15)12-3-5-13(6-4-12)18-14-7-8-14/h3-6,14H,1-2,7-10H2. The van der Waals surface area contributed by atoms with Crippen LogP contribution in [0.3, 0.4) is 0 Å². The molecule has 94 valence electrons. The molecule has 0 heterocycles. The molecule has 2 saturated carbocycles. The Labute approximate surface area is 107 Å². The van der Waals surface area contributed by atoms with E-state index in [0.29, 0.717) is 6.10 Å². The van der Waals surface area contributed by atoms with Crippen molar-refractivity contribution in [1.29, 1.82) is 0 Å². The summed E-state index contributed by atoms with van der Waals surface area (Å²) in [4.78, 5) is 14.7. The predicted octanol–water partition coefficient (Wildman–Crippen LogP) is 3.33. The minimum absolute atomic E-state index is 0.320. The lowest BCUT2D eigenvalue weighted by atomic mass is 9.89. The van der Waals surface area contributed by atoms with Crippen molar-refractivity contribution in [3.05, 3.63) is 29.8 Å². The first-order chi connectivity index (χ1) is 8.82. The van der Waals surface area contributed by atoms with Crippen molar-refractivity contribution in [2.24, 2.45) is 4.99 Å². The summed E-state index contributed by atoms with van der Waals surface area (Å²) < 4.78 is 5.73. The molecule has 0 atom stereocenters. The molecule has 2 fully saturated rings. The number of benzene rings is 1. The minimum atomic E-state index is -0.320. The molecule has 1 aromatic rings. The van der Waals surface area contributed by atoms with Crippen LogP contribution < -0.4 is 4.74 Å². The number of ether oxygens (including phenoxy) is 1. The van der Waals surface area contributed by atoms with Crippen LogP contribution in [0.5, 0.6) is 5.75 Å². The van der Waals surface area contributed by atoms with Gasteiger partial charge in [0, 0.05) is 0 Å². The molecular weight excluding hydrogens is 226 g/mol. The molecule has 0 unspecified atom stereocenters. The number of isocyanates is 1. The SMILES string of the molecule is O=C=NC1(c2ccc(OC3CC3)cc2)CCCC1. The van der Waals surface area contributed by atoms with Crippen molar-refractivity contribution >= 4 is 6.08 Å². The Morgan fingerprint density at radius 1 is 1.17 bits per heavy atom. The maximum absolute atomic E-state index is 10.6. The van der Waals surface area contributed by atoms with Gasteiger partial charge in [-0.15, -0.1) is 0 Å². The highest BCUT2D eigenvalue weighted by Gasteiger charge is 2.35. The third-order valence-corrected chi connectivity index (χ3v) is 3.91. The molecule has 0 bridgehead atoms. The highest BCUT2D eigenvalue weighted by atomic mass is 16.5. The molecule has 3 heteroatoms. The van der Waals surface area contributed by atoms with E-state index in [1.807, 2.05) is 24.3 Å². The second-order valence-electron chi connectivity index (χ2n) is 5.28. The number of aliphatic imine (C=N–C) groups is 1. The second-order valence-corrected chi connectivity index (χ2v) is 5.28. The molecule has 3 nitrogen and oxygen atoms in total. The largest absolute Gasteiger partial charge is 0.490 e. The summed E-state index contributed by atoms with van der Waals surface area (Å²) in [5, 5.41) is 0.